The number of hydrogen-bond acceptors (Lipinski definition) is 2. The van der Waals surface area contributed by atoms with Gasteiger partial charge in [0.2, 0.25) is 0 Å². The van der Waals surface area contributed by atoms with Crippen LogP contribution in [-0.4, -0.2) is 19.4 Å². The summed E-state index contributed by atoms with van der Waals surface area (Å²) in [5.41, 5.74) is 0. The van der Waals surface area contributed by atoms with Gasteiger partial charge in [-0.2, -0.15) is 0 Å². The molecule has 0 heterocycles. The Morgan fingerprint density at radius 1 is 1.86 bits per heavy atom. The standard InChI is InChI=1S/C3H6N3O/c1-5-3(4)6-2-7/h1H3,(H3,4,5,6,7). The maximum atomic E-state index is 9.36. The lowest BCUT2D eigenvalue weighted by atomic mass is 10.9. The first-order valence-electron chi connectivity index (χ1n) is 1.70. The lowest BCUT2D eigenvalue weighted by Crippen LogP contribution is -2.32. The van der Waals surface area contributed by atoms with Gasteiger partial charge < -0.3 is 5.32 Å². The molecule has 0 fully saturated rings. The van der Waals surface area contributed by atoms with Gasteiger partial charge >= 0.3 is 6.41 Å². The Labute approximate surface area is 41.4 Å². The first kappa shape index (κ1) is 5.94. The minimum Gasteiger partial charge on any atom is -0.359 e. The van der Waals surface area contributed by atoms with Crippen molar-refractivity contribution >= 4 is 12.4 Å². The lowest BCUT2D eigenvalue weighted by Gasteiger charge is -1.93. The topological polar surface area (TPSA) is 65.0 Å². The van der Waals surface area contributed by atoms with E-state index in [0.29, 0.717) is 0 Å². The van der Waals surface area contributed by atoms with Crippen molar-refractivity contribution in [2.75, 3.05) is 7.05 Å². The zero-order chi connectivity index (χ0) is 5.70. The molecular weight excluding hydrogens is 94.1 g/mol. The third-order valence-electron chi connectivity index (χ3n) is 0.426. The molecule has 3 N–H and O–H groups in total. The highest BCUT2D eigenvalue weighted by Gasteiger charge is 1.82. The van der Waals surface area contributed by atoms with E-state index in [1.807, 2.05) is 5.32 Å². The second-order valence-corrected chi connectivity index (χ2v) is 0.852. The number of guanidine groups is 1. The molecule has 0 aliphatic rings. The second-order valence-electron chi connectivity index (χ2n) is 0.852. The van der Waals surface area contributed by atoms with E-state index in [-0.39, 0.29) is 5.96 Å². The summed E-state index contributed by atoms with van der Waals surface area (Å²) in [6.07, 6.45) is 1.33. The average molecular weight is 100 g/mol. The van der Waals surface area contributed by atoms with Crippen LogP contribution in [0.5, 0.6) is 0 Å². The molecule has 0 saturated carbocycles. The molecule has 1 radical (unpaired) electrons. The Morgan fingerprint density at radius 3 is 2.57 bits per heavy atom. The minimum atomic E-state index is -0.0463. The smallest absolute Gasteiger partial charge is 0.316 e. The van der Waals surface area contributed by atoms with Gasteiger partial charge in [0.1, 0.15) is 0 Å². The SMILES string of the molecule is CNC(=N)N[C]=O. The van der Waals surface area contributed by atoms with E-state index in [2.05, 4.69) is 5.32 Å². The molecule has 0 unspecified atom stereocenters. The average Bonchev–Trinajstić information content (AvgIpc) is 1.68. The van der Waals surface area contributed by atoms with E-state index < -0.39 is 0 Å². The number of amides is 1. The van der Waals surface area contributed by atoms with Crippen molar-refractivity contribution in [2.24, 2.45) is 0 Å². The normalized spacial score (nSPS) is 7.00. The highest BCUT2D eigenvalue weighted by Crippen LogP contribution is 1.44. The van der Waals surface area contributed by atoms with E-state index in [4.69, 9.17) is 5.41 Å². The van der Waals surface area contributed by atoms with Gasteiger partial charge in [-0.3, -0.25) is 15.5 Å². The highest BCUT2D eigenvalue weighted by atomic mass is 16.1. The Balaban J connectivity index is 3.17. The minimum absolute atomic E-state index is 0.0463. The van der Waals surface area contributed by atoms with Crippen LogP contribution in [0.1, 0.15) is 0 Å². The van der Waals surface area contributed by atoms with E-state index >= 15 is 0 Å². The number of nitrogens with one attached hydrogen (secondary N) is 3. The largest absolute Gasteiger partial charge is 0.359 e. The van der Waals surface area contributed by atoms with E-state index in [9.17, 15) is 4.79 Å². The van der Waals surface area contributed by atoms with Crippen molar-refractivity contribution in [1.29, 1.82) is 5.41 Å². The van der Waals surface area contributed by atoms with Crippen LogP contribution in [0.15, 0.2) is 0 Å². The molecule has 0 spiro atoms. The summed E-state index contributed by atoms with van der Waals surface area (Å²) in [4.78, 5) is 9.36. The molecule has 4 nitrogen and oxygen atoms in total. The third-order valence-corrected chi connectivity index (χ3v) is 0.426. The highest BCUT2D eigenvalue weighted by molar-refractivity contribution is 5.85. The first-order chi connectivity index (χ1) is 3.31. The molecule has 39 valence electrons. The van der Waals surface area contributed by atoms with Crippen molar-refractivity contribution in [3.05, 3.63) is 0 Å². The summed E-state index contributed by atoms with van der Waals surface area (Å²) in [5.74, 6) is -0.0463. The van der Waals surface area contributed by atoms with Gasteiger partial charge in [-0.05, 0) is 0 Å². The number of rotatable bonds is 1. The van der Waals surface area contributed by atoms with Crippen LogP contribution in [0.3, 0.4) is 0 Å². The fraction of sp³-hybridized carbons (Fsp3) is 0.333. The van der Waals surface area contributed by atoms with E-state index in [1.165, 1.54) is 13.5 Å². The van der Waals surface area contributed by atoms with Crippen LogP contribution in [-0.2, 0) is 4.79 Å². The van der Waals surface area contributed by atoms with E-state index in [0.717, 1.165) is 0 Å². The summed E-state index contributed by atoms with van der Waals surface area (Å²) in [5, 5.41) is 11.0. The molecule has 0 saturated heterocycles. The molecule has 0 aromatic heterocycles. The maximum Gasteiger partial charge on any atom is 0.316 e. The third kappa shape index (κ3) is 2.75. The Morgan fingerprint density at radius 2 is 2.43 bits per heavy atom. The van der Waals surface area contributed by atoms with Gasteiger partial charge in [0, 0.05) is 7.05 Å². The van der Waals surface area contributed by atoms with Crippen LogP contribution in [0.25, 0.3) is 0 Å². The summed E-state index contributed by atoms with van der Waals surface area (Å²) < 4.78 is 0. The van der Waals surface area contributed by atoms with Gasteiger partial charge in [0.15, 0.2) is 5.96 Å². The van der Waals surface area contributed by atoms with Crippen molar-refractivity contribution in [3.63, 3.8) is 0 Å². The zero-order valence-electron chi connectivity index (χ0n) is 3.91. The van der Waals surface area contributed by atoms with Gasteiger partial charge in [0.05, 0.1) is 0 Å². The fourth-order valence-electron chi connectivity index (χ4n) is 0.114. The molecule has 0 aromatic rings. The maximum absolute atomic E-state index is 9.36. The molecule has 7 heavy (non-hydrogen) atoms. The molecular formula is C3H6N3O. The molecule has 0 rings (SSSR count). The summed E-state index contributed by atoms with van der Waals surface area (Å²) in [6, 6.07) is 0. The number of carbonyl (C=O) groups excluding carboxylic acids is 1. The molecule has 0 aliphatic heterocycles. The predicted molar refractivity (Wildman–Crippen MR) is 25.6 cm³/mol. The number of hydrogen-bond donors (Lipinski definition) is 3. The van der Waals surface area contributed by atoms with Crippen LogP contribution >= 0.6 is 0 Å². The molecule has 4 heteroatoms. The summed E-state index contributed by atoms with van der Waals surface area (Å²) >= 11 is 0. The molecule has 1 amide bonds. The first-order valence-corrected chi connectivity index (χ1v) is 1.70. The van der Waals surface area contributed by atoms with Gasteiger partial charge in [-0.1, -0.05) is 0 Å². The molecule has 0 aromatic carbocycles. The predicted octanol–water partition coefficient (Wildman–Crippen LogP) is -1.20. The van der Waals surface area contributed by atoms with Gasteiger partial charge in [-0.25, -0.2) is 0 Å². The monoisotopic (exact) mass is 100 g/mol. The van der Waals surface area contributed by atoms with Crippen LogP contribution in [0, 0.1) is 5.41 Å². The van der Waals surface area contributed by atoms with E-state index in [1.54, 1.807) is 0 Å². The quantitative estimate of drug-likeness (QED) is 0.220. The van der Waals surface area contributed by atoms with Crippen molar-refractivity contribution < 1.29 is 4.79 Å². The molecule has 0 aliphatic carbocycles. The Bertz CT molecular complexity index is 80.2. The molecule has 0 bridgehead atoms. The van der Waals surface area contributed by atoms with Crippen LogP contribution in [0.4, 0.5) is 0 Å². The Kier molecular flexibility index (Phi) is 2.67. The zero-order valence-corrected chi connectivity index (χ0v) is 3.91. The van der Waals surface area contributed by atoms with Crippen LogP contribution < -0.4 is 10.6 Å². The van der Waals surface area contributed by atoms with Crippen molar-refractivity contribution in [3.8, 4) is 0 Å². The Hall–Kier alpha value is -1.06. The molecule has 0 atom stereocenters. The van der Waals surface area contributed by atoms with Gasteiger partial charge in [0.25, 0.3) is 0 Å². The fourth-order valence-corrected chi connectivity index (χ4v) is 0.114. The second kappa shape index (κ2) is 3.14. The van der Waals surface area contributed by atoms with Gasteiger partial charge in [-0.15, -0.1) is 0 Å². The van der Waals surface area contributed by atoms with Crippen molar-refractivity contribution in [1.82, 2.24) is 10.6 Å². The van der Waals surface area contributed by atoms with Crippen molar-refractivity contribution in [2.45, 2.75) is 0 Å². The lowest BCUT2D eigenvalue weighted by molar-refractivity contribution is 0.551. The summed E-state index contributed by atoms with van der Waals surface area (Å²) in [6.45, 7) is 0. The summed E-state index contributed by atoms with van der Waals surface area (Å²) in [7, 11) is 1.53. The van der Waals surface area contributed by atoms with Crippen LogP contribution in [0.2, 0.25) is 0 Å².